The number of aromatic nitrogens is 1. The van der Waals surface area contributed by atoms with Gasteiger partial charge in [0.1, 0.15) is 0 Å². The van der Waals surface area contributed by atoms with E-state index in [1.807, 2.05) is 24.3 Å². The van der Waals surface area contributed by atoms with Crippen molar-refractivity contribution in [3.63, 3.8) is 0 Å². The van der Waals surface area contributed by atoms with Gasteiger partial charge >= 0.3 is 0 Å². The minimum Gasteiger partial charge on any atom is -0.383 e. The molecule has 6 heteroatoms. The quantitative estimate of drug-likeness (QED) is 0.595. The van der Waals surface area contributed by atoms with Crippen LogP contribution in [-0.4, -0.2) is 62.1 Å². The molecular weight excluding hydrogens is 296 g/mol. The lowest BCUT2D eigenvalue weighted by molar-refractivity contribution is -0.127. The number of aromatic amines is 1. The predicted molar refractivity (Wildman–Crippen MR) is 87.7 cm³/mol. The Morgan fingerprint density at radius 1 is 1.09 bits per heavy atom. The Bertz CT molecular complexity index is 685. The number of para-hydroxylation sites is 1. The number of hydrogen-bond donors (Lipinski definition) is 1. The molecule has 0 radical (unpaired) electrons. The Kier molecular flexibility index (Phi) is 5.90. The standard InChI is InChI=1S/C17H22N2O4/c1-12-15(13-6-4-5-7-14(13)18-12)16(20)17(21)19(8-10-22-2)9-11-23-3/h4-7,18H,8-11H2,1-3H3. The van der Waals surface area contributed by atoms with Crippen LogP contribution in [0.15, 0.2) is 24.3 Å². The minimum atomic E-state index is -0.535. The normalized spacial score (nSPS) is 10.9. The maximum absolute atomic E-state index is 12.7. The van der Waals surface area contributed by atoms with Gasteiger partial charge in [-0.05, 0) is 13.0 Å². The van der Waals surface area contributed by atoms with E-state index in [9.17, 15) is 9.59 Å². The number of Topliss-reactive ketones (excluding diaryl/α,β-unsaturated/α-hetero) is 1. The topological polar surface area (TPSA) is 71.6 Å². The number of ketones is 1. The molecule has 1 N–H and O–H groups in total. The molecule has 1 aromatic heterocycles. The first-order valence-electron chi connectivity index (χ1n) is 7.49. The largest absolute Gasteiger partial charge is 0.383 e. The summed E-state index contributed by atoms with van der Waals surface area (Å²) in [6.07, 6.45) is 0. The Labute approximate surface area is 135 Å². The second kappa shape index (κ2) is 7.89. The van der Waals surface area contributed by atoms with Crippen molar-refractivity contribution < 1.29 is 19.1 Å². The fourth-order valence-corrected chi connectivity index (χ4v) is 2.54. The maximum Gasteiger partial charge on any atom is 0.295 e. The van der Waals surface area contributed by atoms with Crippen LogP contribution in [0.4, 0.5) is 0 Å². The second-order valence-corrected chi connectivity index (χ2v) is 5.28. The number of hydrogen-bond acceptors (Lipinski definition) is 4. The zero-order valence-electron chi connectivity index (χ0n) is 13.7. The van der Waals surface area contributed by atoms with Gasteiger partial charge < -0.3 is 19.4 Å². The van der Waals surface area contributed by atoms with Gasteiger partial charge in [-0.1, -0.05) is 18.2 Å². The third-order valence-corrected chi connectivity index (χ3v) is 3.73. The average molecular weight is 318 g/mol. The van der Waals surface area contributed by atoms with E-state index >= 15 is 0 Å². The van der Waals surface area contributed by atoms with Gasteiger partial charge in [0, 0.05) is 43.9 Å². The average Bonchev–Trinajstić information content (AvgIpc) is 2.89. The van der Waals surface area contributed by atoms with E-state index in [4.69, 9.17) is 9.47 Å². The summed E-state index contributed by atoms with van der Waals surface area (Å²) in [6, 6.07) is 7.47. The third-order valence-electron chi connectivity index (χ3n) is 3.73. The Hall–Kier alpha value is -2.18. The monoisotopic (exact) mass is 318 g/mol. The van der Waals surface area contributed by atoms with Crippen LogP contribution in [-0.2, 0) is 14.3 Å². The molecule has 0 unspecified atom stereocenters. The number of amides is 1. The lowest BCUT2D eigenvalue weighted by Crippen LogP contribution is -2.40. The third kappa shape index (κ3) is 3.78. The fraction of sp³-hybridized carbons (Fsp3) is 0.412. The number of nitrogens with zero attached hydrogens (tertiary/aromatic N) is 1. The van der Waals surface area contributed by atoms with Gasteiger partial charge in [0.05, 0.1) is 18.8 Å². The molecule has 1 heterocycles. The Morgan fingerprint density at radius 2 is 1.70 bits per heavy atom. The van der Waals surface area contributed by atoms with E-state index in [-0.39, 0.29) is 0 Å². The summed E-state index contributed by atoms with van der Waals surface area (Å²) in [4.78, 5) is 29.9. The van der Waals surface area contributed by atoms with Gasteiger partial charge in [-0.25, -0.2) is 0 Å². The molecular formula is C17H22N2O4. The van der Waals surface area contributed by atoms with Crippen molar-refractivity contribution in [2.24, 2.45) is 0 Å². The summed E-state index contributed by atoms with van der Waals surface area (Å²) in [5.74, 6) is -1.04. The van der Waals surface area contributed by atoms with Crippen LogP contribution < -0.4 is 0 Å². The highest BCUT2D eigenvalue weighted by atomic mass is 16.5. The molecule has 0 aliphatic carbocycles. The van der Waals surface area contributed by atoms with Crippen LogP contribution in [0, 0.1) is 6.92 Å². The zero-order chi connectivity index (χ0) is 16.8. The molecule has 0 aliphatic heterocycles. The molecule has 0 aliphatic rings. The molecule has 0 fully saturated rings. The van der Waals surface area contributed by atoms with Crippen LogP contribution in [0.2, 0.25) is 0 Å². The predicted octanol–water partition coefficient (Wildman–Crippen LogP) is 1.78. The first kappa shape index (κ1) is 17.2. The van der Waals surface area contributed by atoms with Gasteiger partial charge in [-0.2, -0.15) is 0 Å². The van der Waals surface area contributed by atoms with Crippen molar-refractivity contribution >= 4 is 22.6 Å². The van der Waals surface area contributed by atoms with E-state index in [2.05, 4.69) is 4.98 Å². The summed E-state index contributed by atoms with van der Waals surface area (Å²) in [7, 11) is 3.12. The van der Waals surface area contributed by atoms with E-state index in [1.165, 1.54) is 4.90 Å². The van der Waals surface area contributed by atoms with Crippen LogP contribution in [0.3, 0.4) is 0 Å². The zero-order valence-corrected chi connectivity index (χ0v) is 13.7. The number of nitrogens with one attached hydrogen (secondary N) is 1. The Balaban J connectivity index is 2.28. The Morgan fingerprint density at radius 3 is 2.30 bits per heavy atom. The molecule has 0 atom stereocenters. The molecule has 0 saturated heterocycles. The first-order valence-corrected chi connectivity index (χ1v) is 7.49. The molecule has 0 bridgehead atoms. The molecule has 1 aromatic carbocycles. The first-order chi connectivity index (χ1) is 11.1. The molecule has 2 rings (SSSR count). The highest BCUT2D eigenvalue weighted by molar-refractivity contribution is 6.45. The molecule has 23 heavy (non-hydrogen) atoms. The summed E-state index contributed by atoms with van der Waals surface area (Å²) in [5, 5.41) is 0.766. The van der Waals surface area contributed by atoms with Crippen molar-refractivity contribution in [1.29, 1.82) is 0 Å². The molecule has 2 aromatic rings. The fourth-order valence-electron chi connectivity index (χ4n) is 2.54. The molecule has 6 nitrogen and oxygen atoms in total. The lowest BCUT2D eigenvalue weighted by Gasteiger charge is -2.21. The summed E-state index contributed by atoms with van der Waals surface area (Å²) >= 11 is 0. The van der Waals surface area contributed by atoms with E-state index < -0.39 is 11.7 Å². The molecule has 0 spiro atoms. The van der Waals surface area contributed by atoms with Gasteiger partial charge in [0.25, 0.3) is 11.7 Å². The van der Waals surface area contributed by atoms with E-state index in [0.717, 1.165) is 10.9 Å². The van der Waals surface area contributed by atoms with Crippen molar-refractivity contribution in [3.8, 4) is 0 Å². The lowest BCUT2D eigenvalue weighted by atomic mass is 10.1. The van der Waals surface area contributed by atoms with Crippen LogP contribution in [0.25, 0.3) is 10.9 Å². The van der Waals surface area contributed by atoms with Crippen LogP contribution >= 0.6 is 0 Å². The van der Waals surface area contributed by atoms with Gasteiger partial charge in [0.15, 0.2) is 0 Å². The molecule has 124 valence electrons. The minimum absolute atomic E-state index is 0.353. The van der Waals surface area contributed by atoms with Crippen LogP contribution in [0.5, 0.6) is 0 Å². The second-order valence-electron chi connectivity index (χ2n) is 5.28. The van der Waals surface area contributed by atoms with Crippen molar-refractivity contribution in [2.75, 3.05) is 40.5 Å². The molecule has 1 amide bonds. The maximum atomic E-state index is 12.7. The van der Waals surface area contributed by atoms with E-state index in [1.54, 1.807) is 21.1 Å². The van der Waals surface area contributed by atoms with Crippen LogP contribution in [0.1, 0.15) is 16.1 Å². The number of aryl methyl sites for hydroxylation is 1. The number of fused-ring (bicyclic) bond motifs is 1. The smallest absolute Gasteiger partial charge is 0.295 e. The van der Waals surface area contributed by atoms with Crippen molar-refractivity contribution in [3.05, 3.63) is 35.5 Å². The number of methoxy groups -OCH3 is 2. The number of carbonyl (C=O) groups is 2. The van der Waals surface area contributed by atoms with Crippen molar-refractivity contribution in [2.45, 2.75) is 6.92 Å². The van der Waals surface area contributed by atoms with Crippen molar-refractivity contribution in [1.82, 2.24) is 9.88 Å². The summed E-state index contributed by atoms with van der Waals surface area (Å²) in [5.41, 5.74) is 1.98. The highest BCUT2D eigenvalue weighted by Gasteiger charge is 2.26. The van der Waals surface area contributed by atoms with Gasteiger partial charge in [-0.15, -0.1) is 0 Å². The number of benzene rings is 1. The number of carbonyl (C=O) groups excluding carboxylic acids is 2. The highest BCUT2D eigenvalue weighted by Crippen LogP contribution is 2.22. The number of rotatable bonds is 8. The number of ether oxygens (including phenoxy) is 2. The summed E-state index contributed by atoms with van der Waals surface area (Å²) < 4.78 is 10.0. The molecule has 0 saturated carbocycles. The summed E-state index contributed by atoms with van der Waals surface area (Å²) in [6.45, 7) is 3.25. The van der Waals surface area contributed by atoms with Gasteiger partial charge in [0.2, 0.25) is 0 Å². The number of H-pyrrole nitrogens is 1. The van der Waals surface area contributed by atoms with Gasteiger partial charge in [-0.3, -0.25) is 9.59 Å². The SMILES string of the molecule is COCCN(CCOC)C(=O)C(=O)c1c(C)[nH]c2ccccc12. The van der Waals surface area contributed by atoms with E-state index in [0.29, 0.717) is 37.6 Å².